The summed E-state index contributed by atoms with van der Waals surface area (Å²) >= 11 is 0. The van der Waals surface area contributed by atoms with Gasteiger partial charge in [0.25, 0.3) is 0 Å². The molecule has 0 radical (unpaired) electrons. The van der Waals surface area contributed by atoms with Crippen LogP contribution in [0.3, 0.4) is 0 Å². The molecule has 0 heterocycles. The van der Waals surface area contributed by atoms with Crippen molar-refractivity contribution >= 4 is 150 Å². The van der Waals surface area contributed by atoms with Gasteiger partial charge in [-0.25, -0.2) is 0 Å². The van der Waals surface area contributed by atoms with Crippen LogP contribution in [0, 0.1) is 0 Å². The maximum Gasteiger partial charge on any atom is 0.139 e. The van der Waals surface area contributed by atoms with Gasteiger partial charge < -0.3 is 0 Å². The molecule has 48 heavy (non-hydrogen) atoms. The van der Waals surface area contributed by atoms with E-state index in [-0.39, 0.29) is 0 Å². The molecule has 0 bridgehead atoms. The molecule has 218 valence electrons. The lowest BCUT2D eigenvalue weighted by atomic mass is 9.59. The van der Waals surface area contributed by atoms with Gasteiger partial charge in [0.2, 0.25) is 0 Å². The van der Waals surface area contributed by atoms with E-state index in [1.54, 1.807) is 0 Å². The second-order valence-electron chi connectivity index (χ2n) is 13.9. The van der Waals surface area contributed by atoms with Gasteiger partial charge in [-0.2, -0.15) is 0 Å². The Hall–Kier alpha value is -4.68. The van der Waals surface area contributed by atoms with Crippen molar-refractivity contribution < 1.29 is 0 Å². The largest absolute Gasteiger partial charge is 0.139 e. The second kappa shape index (κ2) is 11.5. The molecular weight excluding hydrogens is 567 g/mol. The van der Waals surface area contributed by atoms with Gasteiger partial charge in [-0.15, -0.1) is 21.9 Å². The first kappa shape index (κ1) is 30.6. The predicted octanol–water partition coefficient (Wildman–Crippen LogP) is -2.63. The molecule has 0 saturated carbocycles. The van der Waals surface area contributed by atoms with Gasteiger partial charge in [-0.3, -0.25) is 0 Å². The lowest BCUT2D eigenvalue weighted by molar-refractivity contribution is 1.64. The van der Waals surface area contributed by atoms with Crippen molar-refractivity contribution in [2.24, 2.45) is 0 Å². The minimum atomic E-state index is 1.24. The van der Waals surface area contributed by atoms with Crippen molar-refractivity contribution in [1.29, 1.82) is 0 Å². The van der Waals surface area contributed by atoms with Crippen molar-refractivity contribution in [3.8, 4) is 33.4 Å². The Kier molecular flexibility index (Phi) is 7.33. The first-order valence-corrected chi connectivity index (χ1v) is 17.2. The maximum absolute atomic E-state index is 2.37. The van der Waals surface area contributed by atoms with E-state index in [1.807, 2.05) is 0 Å². The number of hydrogen-bond donors (Lipinski definition) is 0. The fourth-order valence-corrected chi connectivity index (χ4v) is 8.32. The average molecular weight is 601 g/mol. The molecule has 0 amide bonds. The van der Waals surface area contributed by atoms with Crippen molar-refractivity contribution in [2.45, 2.75) is 0 Å². The van der Waals surface area contributed by atoms with Crippen LogP contribution < -0.4 is 43.7 Å². The smallest absolute Gasteiger partial charge is 0.101 e. The molecule has 8 aromatic rings. The highest BCUT2D eigenvalue weighted by Crippen LogP contribution is 2.43. The van der Waals surface area contributed by atoms with Gasteiger partial charge in [0.15, 0.2) is 0 Å². The summed E-state index contributed by atoms with van der Waals surface area (Å²) in [6.45, 7) is 0. The standard InChI is InChI=1S/C40H34B8/c41-33-29-27(22-15-12-20(13-16-22)24-17-14-19-6-1-2-8-23(19)18-24)30-32(36(44)40(48)38(46)34(30)42)28(31(29)35(43)39(47)37(33)45)26-11-5-9-21-7-3-4-10-25(21)26/h1-18H,41-48H2. The third-order valence-electron chi connectivity index (χ3n) is 11.7. The molecule has 0 aliphatic heterocycles. The Balaban J connectivity index is 1.54. The topological polar surface area (TPSA) is 0 Å². The highest BCUT2D eigenvalue weighted by molar-refractivity contribution is 6.71. The van der Waals surface area contributed by atoms with Crippen LogP contribution in [-0.4, -0.2) is 62.8 Å². The van der Waals surface area contributed by atoms with Crippen LogP contribution >= 0.6 is 0 Å². The Morgan fingerprint density at radius 1 is 0.292 bits per heavy atom. The van der Waals surface area contributed by atoms with E-state index in [0.29, 0.717) is 0 Å². The highest BCUT2D eigenvalue weighted by Gasteiger charge is 2.25. The zero-order valence-electron chi connectivity index (χ0n) is 29.4. The number of benzene rings is 8. The first-order valence-electron chi connectivity index (χ1n) is 17.2. The molecule has 0 aliphatic rings. The molecule has 0 nitrogen and oxygen atoms in total. The molecule has 0 saturated heterocycles. The molecule has 8 rings (SSSR count). The zero-order chi connectivity index (χ0) is 33.4. The average Bonchev–Trinajstić information content (AvgIpc) is 3.13. The molecule has 8 aromatic carbocycles. The summed E-state index contributed by atoms with van der Waals surface area (Å²) in [5.41, 5.74) is 18.9. The zero-order valence-corrected chi connectivity index (χ0v) is 29.4. The predicted molar refractivity (Wildman–Crippen MR) is 238 cm³/mol. The molecule has 0 fully saturated rings. The summed E-state index contributed by atoms with van der Waals surface area (Å²) in [5, 5.41) is 10.7. The number of rotatable bonds is 3. The number of hydrogen-bond acceptors (Lipinski definition) is 0. The maximum atomic E-state index is 2.37. The normalized spacial score (nSPS) is 11.6. The Morgan fingerprint density at radius 3 is 1.31 bits per heavy atom. The van der Waals surface area contributed by atoms with Gasteiger partial charge in [0.1, 0.15) is 62.8 Å². The first-order chi connectivity index (χ1) is 23.2. The van der Waals surface area contributed by atoms with Crippen molar-refractivity contribution in [3.63, 3.8) is 0 Å². The fourth-order valence-electron chi connectivity index (χ4n) is 8.32. The van der Waals surface area contributed by atoms with Crippen LogP contribution in [0.15, 0.2) is 109 Å². The van der Waals surface area contributed by atoms with Crippen LogP contribution in [0.25, 0.3) is 76.5 Å². The fraction of sp³-hybridized carbons (Fsp3) is 0. The van der Waals surface area contributed by atoms with E-state index in [1.165, 1.54) is 120 Å². The van der Waals surface area contributed by atoms with E-state index < -0.39 is 0 Å². The van der Waals surface area contributed by atoms with Crippen LogP contribution in [0.5, 0.6) is 0 Å². The van der Waals surface area contributed by atoms with Crippen LogP contribution in [-0.2, 0) is 0 Å². The third-order valence-corrected chi connectivity index (χ3v) is 11.7. The summed E-state index contributed by atoms with van der Waals surface area (Å²) in [6.07, 6.45) is 0. The quantitative estimate of drug-likeness (QED) is 0.154. The van der Waals surface area contributed by atoms with Crippen molar-refractivity contribution in [2.75, 3.05) is 0 Å². The van der Waals surface area contributed by atoms with Gasteiger partial charge >= 0.3 is 0 Å². The summed E-state index contributed by atoms with van der Waals surface area (Å²) in [4.78, 5) is 0. The van der Waals surface area contributed by atoms with Gasteiger partial charge in [-0.1, -0.05) is 125 Å². The monoisotopic (exact) mass is 602 g/mol. The molecule has 0 unspecified atom stereocenters. The van der Waals surface area contributed by atoms with Crippen molar-refractivity contribution in [3.05, 3.63) is 109 Å². The van der Waals surface area contributed by atoms with Crippen LogP contribution in [0.1, 0.15) is 0 Å². The minimum Gasteiger partial charge on any atom is -0.101 e. The van der Waals surface area contributed by atoms with E-state index in [4.69, 9.17) is 0 Å². The Bertz CT molecular complexity index is 2560. The van der Waals surface area contributed by atoms with Gasteiger partial charge in [-0.05, 0) is 82.5 Å². The molecule has 0 N–H and O–H groups in total. The minimum absolute atomic E-state index is 1.24. The Labute approximate surface area is 291 Å². The summed E-state index contributed by atoms with van der Waals surface area (Å²) < 4.78 is 0. The van der Waals surface area contributed by atoms with Crippen LogP contribution in [0.2, 0.25) is 0 Å². The van der Waals surface area contributed by atoms with Gasteiger partial charge in [0.05, 0.1) is 0 Å². The molecule has 8 heteroatoms. The molecule has 0 aromatic heterocycles. The summed E-state index contributed by atoms with van der Waals surface area (Å²) in [7, 11) is 18.6. The summed E-state index contributed by atoms with van der Waals surface area (Å²) in [5.74, 6) is 0. The molecule has 0 aliphatic carbocycles. The highest BCUT2D eigenvalue weighted by atomic mass is 14.3. The lowest BCUT2D eigenvalue weighted by Crippen LogP contribution is -2.50. The SMILES string of the molecule is Bc1c(B)c(B)c2c(-c3cccc4ccccc34)c3c(B)c(B)c(B)c(B)c3c(-c3ccc(-c4ccc5ccccc5c4)cc3)c2c1B. The Morgan fingerprint density at radius 2 is 0.729 bits per heavy atom. The van der Waals surface area contributed by atoms with Crippen molar-refractivity contribution in [1.82, 2.24) is 0 Å². The van der Waals surface area contributed by atoms with E-state index in [0.717, 1.165) is 0 Å². The van der Waals surface area contributed by atoms with E-state index >= 15 is 0 Å². The van der Waals surface area contributed by atoms with E-state index in [2.05, 4.69) is 172 Å². The summed E-state index contributed by atoms with van der Waals surface area (Å²) in [6, 6.07) is 40.5. The third kappa shape index (κ3) is 4.49. The van der Waals surface area contributed by atoms with Crippen LogP contribution in [0.4, 0.5) is 0 Å². The van der Waals surface area contributed by atoms with Gasteiger partial charge in [0, 0.05) is 0 Å². The van der Waals surface area contributed by atoms with E-state index in [9.17, 15) is 0 Å². The lowest BCUT2D eigenvalue weighted by Gasteiger charge is -2.28. The molecule has 0 atom stereocenters. The number of fused-ring (bicyclic) bond motifs is 4. The molecule has 0 spiro atoms. The second-order valence-corrected chi connectivity index (χ2v) is 13.9. The molecular formula is C40H34B8.